The molecule has 0 bridgehead atoms. The maximum Gasteiger partial charge on any atom is 0.185 e. The lowest BCUT2D eigenvalue weighted by molar-refractivity contribution is 0.110. The van der Waals surface area contributed by atoms with Crippen LogP contribution >= 0.6 is 0 Å². The van der Waals surface area contributed by atoms with Crippen LogP contribution in [-0.2, 0) is 5.41 Å². The van der Waals surface area contributed by atoms with Crippen LogP contribution in [0, 0.1) is 6.92 Å². The van der Waals surface area contributed by atoms with Crippen molar-refractivity contribution in [3.8, 4) is 0 Å². The number of hydrogen-bond donors (Lipinski definition) is 0. The van der Waals surface area contributed by atoms with Crippen LogP contribution in [0.2, 0.25) is 0 Å². The number of hydrogen-bond acceptors (Lipinski definition) is 2. The van der Waals surface area contributed by atoms with Gasteiger partial charge in [-0.2, -0.15) is 0 Å². The van der Waals surface area contributed by atoms with E-state index in [1.165, 1.54) is 5.56 Å². The van der Waals surface area contributed by atoms with E-state index in [0.29, 0.717) is 5.76 Å². The summed E-state index contributed by atoms with van der Waals surface area (Å²) in [5.41, 5.74) is 3.19. The highest BCUT2D eigenvalue weighted by Gasteiger charge is 2.20. The highest BCUT2D eigenvalue weighted by atomic mass is 16.3. The lowest BCUT2D eigenvalue weighted by Crippen LogP contribution is -2.11. The molecule has 2 nitrogen and oxygen atoms in total. The SMILES string of the molecule is Cc1cc(C(C)(C)C)c2oc(C=O)cc2c1. The van der Waals surface area contributed by atoms with E-state index in [-0.39, 0.29) is 5.41 Å². The lowest BCUT2D eigenvalue weighted by Gasteiger charge is -2.19. The second-order valence-electron chi connectivity index (χ2n) is 5.25. The second-order valence-corrected chi connectivity index (χ2v) is 5.25. The van der Waals surface area contributed by atoms with E-state index in [1.54, 1.807) is 6.07 Å². The number of rotatable bonds is 1. The molecular formula is C14H16O2. The van der Waals surface area contributed by atoms with Crippen LogP contribution in [-0.4, -0.2) is 6.29 Å². The summed E-state index contributed by atoms with van der Waals surface area (Å²) >= 11 is 0. The Morgan fingerprint density at radius 1 is 1.19 bits per heavy atom. The molecular weight excluding hydrogens is 200 g/mol. The highest BCUT2D eigenvalue weighted by molar-refractivity contribution is 5.88. The topological polar surface area (TPSA) is 30.2 Å². The molecule has 0 unspecified atom stereocenters. The second kappa shape index (κ2) is 3.48. The molecule has 0 saturated heterocycles. The van der Waals surface area contributed by atoms with Crippen molar-refractivity contribution < 1.29 is 9.21 Å². The zero-order chi connectivity index (χ0) is 11.9. The smallest absolute Gasteiger partial charge is 0.185 e. The van der Waals surface area contributed by atoms with Crippen LogP contribution in [0.4, 0.5) is 0 Å². The van der Waals surface area contributed by atoms with Crippen molar-refractivity contribution in [3.63, 3.8) is 0 Å². The normalized spacial score (nSPS) is 12.0. The maximum absolute atomic E-state index is 10.7. The van der Waals surface area contributed by atoms with Gasteiger partial charge in [0.05, 0.1) is 0 Å². The van der Waals surface area contributed by atoms with Gasteiger partial charge in [-0.25, -0.2) is 0 Å². The summed E-state index contributed by atoms with van der Waals surface area (Å²) in [4.78, 5) is 10.7. The van der Waals surface area contributed by atoms with Gasteiger partial charge in [0.1, 0.15) is 5.58 Å². The van der Waals surface area contributed by atoms with E-state index in [1.807, 2.05) is 6.07 Å². The third-order valence-corrected chi connectivity index (χ3v) is 2.70. The van der Waals surface area contributed by atoms with E-state index in [2.05, 4.69) is 33.8 Å². The first-order valence-electron chi connectivity index (χ1n) is 5.41. The Bertz CT molecular complexity index is 542. The Balaban J connectivity index is 2.81. The number of furan rings is 1. The average molecular weight is 216 g/mol. The Hall–Kier alpha value is -1.57. The zero-order valence-corrected chi connectivity index (χ0v) is 10.1. The molecule has 0 saturated carbocycles. The van der Waals surface area contributed by atoms with Gasteiger partial charge in [0, 0.05) is 10.9 Å². The molecule has 16 heavy (non-hydrogen) atoms. The monoisotopic (exact) mass is 216 g/mol. The van der Waals surface area contributed by atoms with E-state index in [9.17, 15) is 4.79 Å². The maximum atomic E-state index is 10.7. The van der Waals surface area contributed by atoms with Gasteiger partial charge in [-0.3, -0.25) is 4.79 Å². The minimum atomic E-state index is 0.0161. The van der Waals surface area contributed by atoms with Crippen molar-refractivity contribution in [1.82, 2.24) is 0 Å². The van der Waals surface area contributed by atoms with E-state index in [4.69, 9.17) is 4.42 Å². The van der Waals surface area contributed by atoms with E-state index < -0.39 is 0 Å². The molecule has 1 aromatic carbocycles. The van der Waals surface area contributed by atoms with Crippen molar-refractivity contribution in [1.29, 1.82) is 0 Å². The van der Waals surface area contributed by atoms with Gasteiger partial charge in [0.15, 0.2) is 12.0 Å². The van der Waals surface area contributed by atoms with E-state index in [0.717, 1.165) is 22.8 Å². The predicted octanol–water partition coefficient (Wildman–Crippen LogP) is 3.85. The van der Waals surface area contributed by atoms with Gasteiger partial charge in [-0.05, 0) is 30.0 Å². The van der Waals surface area contributed by atoms with Crippen LogP contribution in [0.5, 0.6) is 0 Å². The summed E-state index contributed by atoms with van der Waals surface area (Å²) in [6, 6.07) is 5.96. The van der Waals surface area contributed by atoms with Gasteiger partial charge >= 0.3 is 0 Å². The van der Waals surface area contributed by atoms with Gasteiger partial charge in [-0.15, -0.1) is 0 Å². The molecule has 0 atom stereocenters. The van der Waals surface area contributed by atoms with Gasteiger partial charge in [0.25, 0.3) is 0 Å². The number of aryl methyl sites for hydroxylation is 1. The molecule has 0 aliphatic heterocycles. The summed E-state index contributed by atoms with van der Waals surface area (Å²) in [7, 11) is 0. The standard InChI is InChI=1S/C14H16O2/c1-9-5-10-7-11(8-15)16-13(10)12(6-9)14(2,3)4/h5-8H,1-4H3. The fourth-order valence-corrected chi connectivity index (χ4v) is 1.94. The first-order valence-corrected chi connectivity index (χ1v) is 5.41. The summed E-state index contributed by atoms with van der Waals surface area (Å²) in [6.07, 6.45) is 0.752. The van der Waals surface area contributed by atoms with Crippen LogP contribution in [0.1, 0.15) is 42.5 Å². The Morgan fingerprint density at radius 3 is 2.44 bits per heavy atom. The number of aldehydes is 1. The van der Waals surface area contributed by atoms with Crippen molar-refractivity contribution in [2.45, 2.75) is 33.1 Å². The molecule has 0 radical (unpaired) electrons. The molecule has 0 aliphatic carbocycles. The molecule has 0 spiro atoms. The summed E-state index contributed by atoms with van der Waals surface area (Å²) in [6.45, 7) is 8.49. The minimum Gasteiger partial charge on any atom is -0.453 e. The first kappa shape index (κ1) is 10.9. The number of carbonyl (C=O) groups is 1. The predicted molar refractivity (Wildman–Crippen MR) is 65.0 cm³/mol. The van der Waals surface area contributed by atoms with Crippen LogP contribution < -0.4 is 0 Å². The molecule has 0 amide bonds. The average Bonchev–Trinajstić information content (AvgIpc) is 2.57. The van der Waals surface area contributed by atoms with Gasteiger partial charge < -0.3 is 4.42 Å². The van der Waals surface area contributed by atoms with Gasteiger partial charge in [-0.1, -0.05) is 26.8 Å². The number of carbonyl (C=O) groups excluding carboxylic acids is 1. The van der Waals surface area contributed by atoms with Crippen LogP contribution in [0.25, 0.3) is 11.0 Å². The minimum absolute atomic E-state index is 0.0161. The largest absolute Gasteiger partial charge is 0.453 e. The first-order chi connectivity index (χ1) is 7.41. The lowest BCUT2D eigenvalue weighted by atomic mass is 9.85. The molecule has 2 heteroatoms. The Morgan fingerprint density at radius 2 is 1.88 bits per heavy atom. The molecule has 2 aromatic rings. The van der Waals surface area contributed by atoms with Crippen molar-refractivity contribution in [3.05, 3.63) is 35.1 Å². The summed E-state index contributed by atoms with van der Waals surface area (Å²) in [5, 5.41) is 1.01. The van der Waals surface area contributed by atoms with Gasteiger partial charge in [0.2, 0.25) is 0 Å². The molecule has 1 aromatic heterocycles. The molecule has 2 rings (SSSR count). The quantitative estimate of drug-likeness (QED) is 0.678. The molecule has 0 aliphatic rings. The fourth-order valence-electron chi connectivity index (χ4n) is 1.94. The molecule has 84 valence electrons. The van der Waals surface area contributed by atoms with Crippen molar-refractivity contribution >= 4 is 17.3 Å². The third-order valence-electron chi connectivity index (χ3n) is 2.70. The third kappa shape index (κ3) is 1.75. The summed E-state index contributed by atoms with van der Waals surface area (Å²) < 4.78 is 5.56. The zero-order valence-electron chi connectivity index (χ0n) is 10.1. The van der Waals surface area contributed by atoms with Crippen molar-refractivity contribution in [2.24, 2.45) is 0 Å². The highest BCUT2D eigenvalue weighted by Crippen LogP contribution is 2.32. The van der Waals surface area contributed by atoms with Crippen LogP contribution in [0.15, 0.2) is 22.6 Å². The van der Waals surface area contributed by atoms with Crippen LogP contribution in [0.3, 0.4) is 0 Å². The molecule has 0 fully saturated rings. The van der Waals surface area contributed by atoms with E-state index >= 15 is 0 Å². The molecule has 1 heterocycles. The summed E-state index contributed by atoms with van der Waals surface area (Å²) in [5.74, 6) is 0.395. The Labute approximate surface area is 95.3 Å². The molecule has 0 N–H and O–H groups in total. The number of fused-ring (bicyclic) bond motifs is 1. The Kier molecular flexibility index (Phi) is 2.38. The van der Waals surface area contributed by atoms with Crippen molar-refractivity contribution in [2.75, 3.05) is 0 Å². The number of benzene rings is 1. The fraction of sp³-hybridized carbons (Fsp3) is 0.357.